The van der Waals surface area contributed by atoms with Crippen LogP contribution in [0.1, 0.15) is 44.9 Å². The molecule has 0 saturated heterocycles. The molecule has 4 heteroatoms. The van der Waals surface area contributed by atoms with Crippen molar-refractivity contribution in [1.82, 2.24) is 0 Å². The normalized spacial score (nSPS) is 25.1. The molecule has 2 saturated carbocycles. The molecular weight excluding hydrogens is 295 g/mol. The number of hydrogen-bond acceptors (Lipinski definition) is 2. The van der Waals surface area contributed by atoms with Crippen LogP contribution in [0.3, 0.4) is 0 Å². The molecule has 0 amide bonds. The van der Waals surface area contributed by atoms with E-state index in [2.05, 4.69) is 0 Å². The van der Waals surface area contributed by atoms with Crippen molar-refractivity contribution < 1.29 is 9.53 Å². The fraction of sp³-hybridized carbons (Fsp3) is 0.562. The summed E-state index contributed by atoms with van der Waals surface area (Å²) in [7, 11) is 0. The number of hydrogen-bond donors (Lipinski definition) is 0. The Balaban J connectivity index is 1.78. The van der Waals surface area contributed by atoms with E-state index < -0.39 is 0 Å². The molecule has 1 spiro atoms. The highest BCUT2D eigenvalue weighted by molar-refractivity contribution is 6.35. The molecule has 2 aliphatic carbocycles. The molecule has 1 atom stereocenters. The van der Waals surface area contributed by atoms with Crippen LogP contribution in [0, 0.1) is 5.41 Å². The number of benzene rings is 1. The third-order valence-corrected chi connectivity index (χ3v) is 5.23. The highest BCUT2D eigenvalue weighted by Gasteiger charge is 2.55. The van der Waals surface area contributed by atoms with E-state index in [4.69, 9.17) is 27.9 Å². The van der Waals surface area contributed by atoms with Crippen LogP contribution in [-0.4, -0.2) is 11.9 Å². The largest absolute Gasteiger partial charge is 0.487 e. The zero-order valence-electron chi connectivity index (χ0n) is 11.3. The molecule has 1 aromatic rings. The molecule has 1 unspecified atom stereocenters. The highest BCUT2D eigenvalue weighted by Crippen LogP contribution is 2.50. The van der Waals surface area contributed by atoms with Gasteiger partial charge in [-0.25, -0.2) is 0 Å². The van der Waals surface area contributed by atoms with Crippen molar-refractivity contribution in [3.05, 3.63) is 28.2 Å². The molecule has 0 bridgehead atoms. The molecule has 108 valence electrons. The predicted octanol–water partition coefficient (Wildman–Crippen LogP) is 5.05. The number of halogens is 2. The monoisotopic (exact) mass is 312 g/mol. The second-order valence-electron chi connectivity index (χ2n) is 5.88. The zero-order chi connectivity index (χ0) is 14.2. The molecule has 0 aromatic heterocycles. The van der Waals surface area contributed by atoms with E-state index in [9.17, 15) is 4.79 Å². The number of carbonyl (C=O) groups excluding carboxylic acids is 1. The van der Waals surface area contributed by atoms with Crippen LogP contribution in [0.4, 0.5) is 0 Å². The molecule has 0 aliphatic heterocycles. The number of ether oxygens (including phenoxy) is 1. The van der Waals surface area contributed by atoms with Gasteiger partial charge in [0.2, 0.25) is 0 Å². The van der Waals surface area contributed by atoms with Gasteiger partial charge in [0.15, 0.2) is 0 Å². The van der Waals surface area contributed by atoms with Gasteiger partial charge >= 0.3 is 0 Å². The topological polar surface area (TPSA) is 26.3 Å². The zero-order valence-corrected chi connectivity index (χ0v) is 12.8. The minimum absolute atomic E-state index is 0.0215. The third kappa shape index (κ3) is 2.44. The average molecular weight is 313 g/mol. The van der Waals surface area contributed by atoms with Gasteiger partial charge in [-0.2, -0.15) is 0 Å². The molecule has 3 rings (SSSR count). The maximum absolute atomic E-state index is 12.2. The van der Waals surface area contributed by atoms with Gasteiger partial charge < -0.3 is 4.74 Å². The van der Waals surface area contributed by atoms with E-state index in [0.29, 0.717) is 28.0 Å². The lowest BCUT2D eigenvalue weighted by Crippen LogP contribution is -2.56. The summed E-state index contributed by atoms with van der Waals surface area (Å²) >= 11 is 12.1. The van der Waals surface area contributed by atoms with Crippen LogP contribution in [0.15, 0.2) is 18.2 Å². The van der Waals surface area contributed by atoms with E-state index in [0.717, 1.165) is 25.7 Å². The maximum Gasteiger partial charge on any atom is 0.146 e. The number of Topliss-reactive ketones (excluding diaryl/α,β-unsaturated/α-hetero) is 1. The average Bonchev–Trinajstić information content (AvgIpc) is 2.69. The lowest BCUT2D eigenvalue weighted by molar-refractivity contribution is -0.154. The number of rotatable bonds is 2. The Morgan fingerprint density at radius 3 is 2.40 bits per heavy atom. The summed E-state index contributed by atoms with van der Waals surface area (Å²) in [5.74, 6) is 1.01. The van der Waals surface area contributed by atoms with Crippen molar-refractivity contribution >= 4 is 29.0 Å². The SMILES string of the molecule is O=C1CC(Oc2ccc(Cl)cc2Cl)C12CCCCCC2. The lowest BCUT2D eigenvalue weighted by Gasteiger charge is -2.47. The standard InChI is InChI=1S/C16H18Cl2O2/c17-11-5-6-13(12(18)9-11)20-15-10-14(19)16(15)7-3-1-2-4-8-16/h5-6,9,15H,1-4,7-8,10H2. The van der Waals surface area contributed by atoms with E-state index in [1.807, 2.05) is 0 Å². The van der Waals surface area contributed by atoms with Gasteiger partial charge in [0.05, 0.1) is 10.4 Å². The molecule has 2 aliphatic rings. The van der Waals surface area contributed by atoms with Crippen molar-refractivity contribution in [2.45, 2.75) is 51.0 Å². The summed E-state index contributed by atoms with van der Waals surface area (Å²) in [6.45, 7) is 0. The van der Waals surface area contributed by atoms with Gasteiger partial charge in [0.1, 0.15) is 17.6 Å². The van der Waals surface area contributed by atoms with Crippen molar-refractivity contribution in [2.24, 2.45) is 5.41 Å². The second kappa shape index (κ2) is 5.57. The Bertz CT molecular complexity index is 519. The Morgan fingerprint density at radius 2 is 1.80 bits per heavy atom. The van der Waals surface area contributed by atoms with Gasteiger partial charge in [0.25, 0.3) is 0 Å². The van der Waals surface area contributed by atoms with E-state index in [1.165, 1.54) is 12.8 Å². The van der Waals surface area contributed by atoms with E-state index in [-0.39, 0.29) is 11.5 Å². The quantitative estimate of drug-likeness (QED) is 0.763. The number of ketones is 1. The van der Waals surface area contributed by atoms with Crippen LogP contribution >= 0.6 is 23.2 Å². The second-order valence-corrected chi connectivity index (χ2v) is 6.72. The van der Waals surface area contributed by atoms with Gasteiger partial charge in [-0.15, -0.1) is 0 Å². The molecular formula is C16H18Cl2O2. The van der Waals surface area contributed by atoms with E-state index in [1.54, 1.807) is 18.2 Å². The molecule has 2 nitrogen and oxygen atoms in total. The molecule has 0 heterocycles. The van der Waals surface area contributed by atoms with Gasteiger partial charge in [-0.1, -0.05) is 48.9 Å². The Labute approximate surface area is 129 Å². The fourth-order valence-corrected chi connectivity index (χ4v) is 3.91. The first kappa shape index (κ1) is 14.2. The van der Waals surface area contributed by atoms with Crippen molar-refractivity contribution in [2.75, 3.05) is 0 Å². The van der Waals surface area contributed by atoms with Crippen LogP contribution in [0.2, 0.25) is 10.0 Å². The van der Waals surface area contributed by atoms with E-state index >= 15 is 0 Å². The minimum atomic E-state index is -0.251. The number of carbonyl (C=O) groups is 1. The first-order chi connectivity index (χ1) is 9.62. The summed E-state index contributed by atoms with van der Waals surface area (Å²) in [6.07, 6.45) is 7.11. The molecule has 2 fully saturated rings. The van der Waals surface area contributed by atoms with Crippen molar-refractivity contribution in [3.8, 4) is 5.75 Å². The first-order valence-electron chi connectivity index (χ1n) is 7.27. The molecule has 20 heavy (non-hydrogen) atoms. The van der Waals surface area contributed by atoms with Crippen LogP contribution in [0.25, 0.3) is 0 Å². The Morgan fingerprint density at radius 1 is 1.10 bits per heavy atom. The third-order valence-electron chi connectivity index (χ3n) is 4.70. The van der Waals surface area contributed by atoms with Gasteiger partial charge in [0, 0.05) is 11.4 Å². The Kier molecular flexibility index (Phi) is 3.96. The summed E-state index contributed by atoms with van der Waals surface area (Å²) < 4.78 is 6.04. The Hall–Kier alpha value is -0.730. The van der Waals surface area contributed by atoms with Gasteiger partial charge in [-0.3, -0.25) is 4.79 Å². The van der Waals surface area contributed by atoms with Crippen molar-refractivity contribution in [1.29, 1.82) is 0 Å². The molecule has 1 aromatic carbocycles. The van der Waals surface area contributed by atoms with Gasteiger partial charge in [-0.05, 0) is 31.0 Å². The summed E-state index contributed by atoms with van der Waals surface area (Å²) in [5, 5.41) is 1.11. The summed E-state index contributed by atoms with van der Waals surface area (Å²) in [4.78, 5) is 12.2. The molecule has 0 radical (unpaired) electrons. The summed E-state index contributed by atoms with van der Waals surface area (Å²) in [5.41, 5.74) is -0.251. The fourth-order valence-electron chi connectivity index (χ4n) is 3.45. The minimum Gasteiger partial charge on any atom is -0.487 e. The smallest absolute Gasteiger partial charge is 0.146 e. The highest BCUT2D eigenvalue weighted by atomic mass is 35.5. The predicted molar refractivity (Wildman–Crippen MR) is 80.6 cm³/mol. The maximum atomic E-state index is 12.2. The summed E-state index contributed by atoms with van der Waals surface area (Å²) in [6, 6.07) is 5.24. The van der Waals surface area contributed by atoms with Crippen LogP contribution in [0.5, 0.6) is 5.75 Å². The lowest BCUT2D eigenvalue weighted by atomic mass is 9.60. The van der Waals surface area contributed by atoms with Crippen LogP contribution in [-0.2, 0) is 4.79 Å². The molecule has 0 N–H and O–H groups in total. The van der Waals surface area contributed by atoms with Crippen LogP contribution < -0.4 is 4.74 Å². The first-order valence-corrected chi connectivity index (χ1v) is 8.02. The van der Waals surface area contributed by atoms with Crippen molar-refractivity contribution in [3.63, 3.8) is 0 Å².